The Morgan fingerprint density at radius 3 is 2.32 bits per heavy atom. The molecule has 0 aliphatic carbocycles. The predicted molar refractivity (Wildman–Crippen MR) is 100 cm³/mol. The quantitative estimate of drug-likeness (QED) is 0.831. The largest absolute Gasteiger partial charge is 0.282 e. The third-order valence-corrected chi connectivity index (χ3v) is 6.90. The molecule has 0 radical (unpaired) electrons. The second-order valence-electron chi connectivity index (χ2n) is 6.89. The van der Waals surface area contributed by atoms with Gasteiger partial charge in [0.2, 0.25) is 0 Å². The fourth-order valence-electron chi connectivity index (χ4n) is 2.12. The molecule has 6 nitrogen and oxygen atoms in total. The number of hydrogen-bond donors (Lipinski definition) is 1. The van der Waals surface area contributed by atoms with Crippen LogP contribution in [-0.2, 0) is 21.0 Å². The lowest BCUT2D eigenvalue weighted by molar-refractivity contribution is 0.565. The van der Waals surface area contributed by atoms with E-state index >= 15 is 0 Å². The fourth-order valence-corrected chi connectivity index (χ4v) is 4.14. The molecule has 0 saturated heterocycles. The van der Waals surface area contributed by atoms with Crippen LogP contribution in [0.25, 0.3) is 0 Å². The molecule has 8 heteroatoms. The van der Waals surface area contributed by atoms with Gasteiger partial charge in [-0.3, -0.25) is 0 Å². The van der Waals surface area contributed by atoms with Gasteiger partial charge in [-0.15, -0.1) is 0 Å². The van der Waals surface area contributed by atoms with E-state index in [0.29, 0.717) is 12.1 Å². The van der Waals surface area contributed by atoms with Gasteiger partial charge in [-0.05, 0) is 52.3 Å². The van der Waals surface area contributed by atoms with E-state index in [1.807, 2.05) is 34.6 Å². The second-order valence-corrected chi connectivity index (χ2v) is 10.7. The first-order chi connectivity index (χ1) is 11.6. The van der Waals surface area contributed by atoms with Crippen LogP contribution in [0.4, 0.5) is 0 Å². The molecule has 0 fully saturated rings. The third kappa shape index (κ3) is 4.56. The Morgan fingerprint density at radius 2 is 1.80 bits per heavy atom. The summed E-state index contributed by atoms with van der Waals surface area (Å²) in [6.45, 7) is 9.47. The number of aryl methyl sites for hydroxylation is 1. The van der Waals surface area contributed by atoms with Crippen LogP contribution in [-0.4, -0.2) is 26.6 Å². The van der Waals surface area contributed by atoms with E-state index in [1.165, 1.54) is 6.20 Å². The summed E-state index contributed by atoms with van der Waals surface area (Å²) in [5.41, 5.74) is 1.54. The average Bonchev–Trinajstić information content (AvgIpc) is 3.02. The molecular formula is C17H25N3O3S2. The van der Waals surface area contributed by atoms with Crippen molar-refractivity contribution in [2.75, 3.05) is 0 Å². The molecule has 0 aliphatic heterocycles. The summed E-state index contributed by atoms with van der Waals surface area (Å²) in [7, 11) is -5.00. The van der Waals surface area contributed by atoms with Crippen molar-refractivity contribution < 1.29 is 12.6 Å². The maximum absolute atomic E-state index is 12.7. The zero-order valence-electron chi connectivity index (χ0n) is 15.2. The van der Waals surface area contributed by atoms with E-state index in [2.05, 4.69) is 9.82 Å². The minimum atomic E-state index is -3.73. The highest BCUT2D eigenvalue weighted by Gasteiger charge is 2.25. The van der Waals surface area contributed by atoms with E-state index in [-0.39, 0.29) is 10.9 Å². The van der Waals surface area contributed by atoms with Gasteiger partial charge in [-0.1, -0.05) is 24.6 Å². The molecule has 1 heterocycles. The van der Waals surface area contributed by atoms with Gasteiger partial charge < -0.3 is 0 Å². The summed E-state index contributed by atoms with van der Waals surface area (Å²) >= 11 is 0. The van der Waals surface area contributed by atoms with E-state index in [4.69, 9.17) is 0 Å². The van der Waals surface area contributed by atoms with Crippen LogP contribution in [0.1, 0.15) is 51.4 Å². The van der Waals surface area contributed by atoms with Gasteiger partial charge in [0, 0.05) is 6.20 Å². The summed E-state index contributed by atoms with van der Waals surface area (Å²) in [6, 6.07) is 7.99. The molecule has 2 unspecified atom stereocenters. The van der Waals surface area contributed by atoms with Crippen LogP contribution >= 0.6 is 0 Å². The minimum absolute atomic E-state index is 0.187. The predicted octanol–water partition coefficient (Wildman–Crippen LogP) is 2.93. The van der Waals surface area contributed by atoms with E-state index < -0.39 is 25.8 Å². The molecule has 1 aromatic carbocycles. The Morgan fingerprint density at radius 1 is 1.20 bits per heavy atom. The Kier molecular flexibility index (Phi) is 5.86. The van der Waals surface area contributed by atoms with Crippen LogP contribution in [0, 0.1) is 6.92 Å². The third-order valence-electron chi connectivity index (χ3n) is 3.72. The molecule has 2 rings (SSSR count). The van der Waals surface area contributed by atoms with Crippen molar-refractivity contribution in [3.8, 4) is 0 Å². The first kappa shape index (κ1) is 19.8. The van der Waals surface area contributed by atoms with Crippen LogP contribution in [0.5, 0.6) is 0 Å². The lowest BCUT2D eigenvalue weighted by Gasteiger charge is -2.22. The number of hydrogen-bond acceptors (Lipinski definition) is 4. The Bertz CT molecular complexity index is 850. The van der Waals surface area contributed by atoms with E-state index in [0.717, 1.165) is 9.65 Å². The standard InChI is InChI=1S/C17H25N3O3S2/c1-6-15(19-24(21)17(3,4)5)16-11-12-20(18-16)25(22,23)14-9-7-13(2)8-10-14/h7-12,15,19H,6H2,1-5H3. The summed E-state index contributed by atoms with van der Waals surface area (Å²) in [5, 5.41) is 4.22. The van der Waals surface area contributed by atoms with Gasteiger partial charge >= 0.3 is 0 Å². The molecule has 1 aromatic heterocycles. The molecule has 0 bridgehead atoms. The van der Waals surface area contributed by atoms with Gasteiger partial charge in [0.1, 0.15) is 0 Å². The monoisotopic (exact) mass is 383 g/mol. The topological polar surface area (TPSA) is 81.1 Å². The van der Waals surface area contributed by atoms with Crippen LogP contribution in [0.15, 0.2) is 41.4 Å². The van der Waals surface area contributed by atoms with Crippen molar-refractivity contribution in [2.24, 2.45) is 0 Å². The van der Waals surface area contributed by atoms with Crippen molar-refractivity contribution in [1.82, 2.24) is 13.9 Å². The minimum Gasteiger partial charge on any atom is -0.242 e. The molecule has 2 aromatic rings. The van der Waals surface area contributed by atoms with E-state index in [9.17, 15) is 12.6 Å². The van der Waals surface area contributed by atoms with Gasteiger partial charge in [-0.25, -0.2) is 8.93 Å². The second kappa shape index (κ2) is 7.39. The van der Waals surface area contributed by atoms with E-state index in [1.54, 1.807) is 30.3 Å². The van der Waals surface area contributed by atoms with Gasteiger partial charge in [0.25, 0.3) is 10.0 Å². The Hall–Kier alpha value is -1.51. The SMILES string of the molecule is CCC(NS(=O)C(C)(C)C)c1ccn(S(=O)(=O)c2ccc(C)cc2)n1. The van der Waals surface area contributed by atoms with Crippen molar-refractivity contribution in [2.45, 2.75) is 56.7 Å². The first-order valence-electron chi connectivity index (χ1n) is 8.11. The lowest BCUT2D eigenvalue weighted by Crippen LogP contribution is -2.35. The highest BCUT2D eigenvalue weighted by molar-refractivity contribution is 7.89. The van der Waals surface area contributed by atoms with Gasteiger partial charge in [-0.2, -0.15) is 17.6 Å². The Labute approximate surface area is 152 Å². The summed E-state index contributed by atoms with van der Waals surface area (Å²) < 4.78 is 41.2. The van der Waals surface area contributed by atoms with Crippen molar-refractivity contribution in [3.63, 3.8) is 0 Å². The zero-order chi connectivity index (χ0) is 18.8. The molecular weight excluding hydrogens is 358 g/mol. The van der Waals surface area contributed by atoms with Crippen LogP contribution < -0.4 is 4.72 Å². The van der Waals surface area contributed by atoms with Crippen LogP contribution in [0.3, 0.4) is 0 Å². The smallest absolute Gasteiger partial charge is 0.242 e. The zero-order valence-corrected chi connectivity index (χ0v) is 16.8. The summed E-state index contributed by atoms with van der Waals surface area (Å²) in [4.78, 5) is 0.187. The van der Waals surface area contributed by atoms with Crippen molar-refractivity contribution in [1.29, 1.82) is 0 Å². The number of aromatic nitrogens is 2. The molecule has 0 amide bonds. The lowest BCUT2D eigenvalue weighted by atomic mass is 10.2. The number of nitrogens with one attached hydrogen (secondary N) is 1. The number of rotatable bonds is 6. The highest BCUT2D eigenvalue weighted by atomic mass is 32.2. The molecule has 0 saturated carbocycles. The number of benzene rings is 1. The van der Waals surface area contributed by atoms with Gasteiger partial charge in [0.15, 0.2) is 0 Å². The van der Waals surface area contributed by atoms with Crippen molar-refractivity contribution >= 4 is 21.0 Å². The Balaban J connectivity index is 2.28. The fraction of sp³-hybridized carbons (Fsp3) is 0.471. The molecule has 0 aliphatic rings. The molecule has 138 valence electrons. The average molecular weight is 384 g/mol. The van der Waals surface area contributed by atoms with Gasteiger partial charge in [0.05, 0.1) is 32.4 Å². The molecule has 0 spiro atoms. The summed E-state index contributed by atoms with van der Waals surface area (Å²) in [6.07, 6.45) is 2.07. The summed E-state index contributed by atoms with van der Waals surface area (Å²) in [5.74, 6) is 0. The molecule has 1 N–H and O–H groups in total. The normalized spacial score (nSPS) is 15.1. The van der Waals surface area contributed by atoms with Crippen LogP contribution in [0.2, 0.25) is 0 Å². The van der Waals surface area contributed by atoms with Crippen molar-refractivity contribution in [3.05, 3.63) is 47.8 Å². The highest BCUT2D eigenvalue weighted by Crippen LogP contribution is 2.21. The maximum atomic E-state index is 12.7. The maximum Gasteiger partial charge on any atom is 0.282 e. The molecule has 2 atom stereocenters. The first-order valence-corrected chi connectivity index (χ1v) is 10.7. The molecule has 25 heavy (non-hydrogen) atoms. The number of nitrogens with zero attached hydrogens (tertiary/aromatic N) is 2.